The topological polar surface area (TPSA) is 81.5 Å². The molecule has 1 aliphatic heterocycles. The van der Waals surface area contributed by atoms with E-state index in [-0.39, 0.29) is 11.9 Å². The average Bonchev–Trinajstić information content (AvgIpc) is 3.12. The van der Waals surface area contributed by atoms with Gasteiger partial charge in [-0.15, -0.1) is 15.6 Å². The van der Waals surface area contributed by atoms with Crippen LogP contribution in [0.25, 0.3) is 10.2 Å². The molecule has 1 aromatic carbocycles. The molecule has 0 amide bonds. The van der Waals surface area contributed by atoms with E-state index >= 15 is 0 Å². The summed E-state index contributed by atoms with van der Waals surface area (Å²) < 4.78 is 21.6. The van der Waals surface area contributed by atoms with Crippen LogP contribution in [-0.4, -0.2) is 43.1 Å². The Balaban J connectivity index is 1.38. The fourth-order valence-electron chi connectivity index (χ4n) is 2.84. The van der Waals surface area contributed by atoms with Crippen LogP contribution < -0.4 is 4.74 Å². The van der Waals surface area contributed by atoms with Crippen LogP contribution >= 0.6 is 11.3 Å². The lowest BCUT2D eigenvalue weighted by atomic mass is 10.1. The van der Waals surface area contributed by atoms with Gasteiger partial charge in [0.15, 0.2) is 4.90 Å². The van der Waals surface area contributed by atoms with Crippen molar-refractivity contribution in [1.29, 1.82) is 0 Å². The Morgan fingerprint density at radius 1 is 1.16 bits per heavy atom. The maximum absolute atomic E-state index is 12.6. The van der Waals surface area contributed by atoms with Crippen molar-refractivity contribution in [2.75, 3.05) is 13.1 Å². The predicted octanol–water partition coefficient (Wildman–Crippen LogP) is 2.96. The lowest BCUT2D eigenvalue weighted by Gasteiger charge is -2.31. The highest BCUT2D eigenvalue weighted by atomic mass is 32.2. The molecule has 2 aromatic heterocycles. The van der Waals surface area contributed by atoms with Gasteiger partial charge in [-0.25, -0.2) is 9.97 Å². The van der Waals surface area contributed by atoms with Crippen LogP contribution in [0.3, 0.4) is 0 Å². The lowest BCUT2D eigenvalue weighted by Crippen LogP contribution is -2.41. The van der Waals surface area contributed by atoms with Gasteiger partial charge in [-0.1, -0.05) is 0 Å². The summed E-state index contributed by atoms with van der Waals surface area (Å²) in [5, 5.41) is 11.3. The first-order chi connectivity index (χ1) is 12.2. The van der Waals surface area contributed by atoms with E-state index in [2.05, 4.69) is 9.97 Å². The molecule has 0 bridgehead atoms. The summed E-state index contributed by atoms with van der Waals surface area (Å²) in [5.41, 5.74) is 0.904. The van der Waals surface area contributed by atoms with E-state index in [4.69, 9.17) is 4.74 Å². The summed E-state index contributed by atoms with van der Waals surface area (Å²) >= 11 is 0.365. The van der Waals surface area contributed by atoms with Crippen LogP contribution in [0.15, 0.2) is 46.9 Å². The second kappa shape index (κ2) is 7.17. The van der Waals surface area contributed by atoms with Gasteiger partial charge in [0.2, 0.25) is 5.88 Å². The fourth-order valence-corrected chi connectivity index (χ4v) is 4.82. The second-order valence-electron chi connectivity index (χ2n) is 5.80. The molecule has 0 spiro atoms. The van der Waals surface area contributed by atoms with Gasteiger partial charge >= 0.3 is 0 Å². The molecule has 8 heteroatoms. The minimum absolute atomic E-state index is 0.0632. The first-order valence-corrected chi connectivity index (χ1v) is 10.00. The van der Waals surface area contributed by atoms with Gasteiger partial charge in [0.25, 0.3) is 0 Å². The normalized spacial score (nSPS) is 17.6. The summed E-state index contributed by atoms with van der Waals surface area (Å²) in [4.78, 5) is 9.19. The molecular weight excluding hydrogens is 358 g/mol. The highest BCUT2D eigenvalue weighted by molar-refractivity contribution is 7.89. The van der Waals surface area contributed by atoms with E-state index < -0.39 is 11.4 Å². The van der Waals surface area contributed by atoms with Gasteiger partial charge in [0.05, 0.1) is 16.9 Å². The number of ether oxygens (including phenoxy) is 1. The van der Waals surface area contributed by atoms with Crippen LogP contribution in [-0.2, 0) is 11.4 Å². The third kappa shape index (κ3) is 3.57. The molecule has 4 rings (SSSR count). The zero-order valence-corrected chi connectivity index (χ0v) is 15.0. The monoisotopic (exact) mass is 375 g/mol. The zero-order valence-electron chi connectivity index (χ0n) is 13.4. The molecule has 0 radical (unpaired) electrons. The maximum Gasteiger partial charge on any atom is 0.235 e. The Hall–Kier alpha value is -1.87. The van der Waals surface area contributed by atoms with Crippen molar-refractivity contribution in [2.24, 2.45) is 0 Å². The molecule has 1 N–H and O–H groups in total. The number of nitrogens with zero attached hydrogens (tertiary/aromatic N) is 3. The van der Waals surface area contributed by atoms with Gasteiger partial charge in [-0.2, -0.15) is 0 Å². The van der Waals surface area contributed by atoms with Gasteiger partial charge in [0.1, 0.15) is 22.9 Å². The summed E-state index contributed by atoms with van der Waals surface area (Å²) in [6.45, 7) is 1.38. The average molecular weight is 375 g/mol. The van der Waals surface area contributed by atoms with Crippen LogP contribution in [0.2, 0.25) is 0 Å². The van der Waals surface area contributed by atoms with Crippen LogP contribution in [0.5, 0.6) is 11.6 Å². The van der Waals surface area contributed by atoms with Crippen LogP contribution in [0, 0.1) is 0 Å². The molecule has 0 aliphatic carbocycles. The van der Waals surface area contributed by atoms with Crippen molar-refractivity contribution in [3.05, 3.63) is 42.0 Å². The number of hydrogen-bond acceptors (Lipinski definition) is 7. The summed E-state index contributed by atoms with van der Waals surface area (Å²) in [6, 6.07) is 8.47. The highest BCUT2D eigenvalue weighted by Gasteiger charge is 2.30. The van der Waals surface area contributed by atoms with Crippen molar-refractivity contribution in [2.45, 2.75) is 23.8 Å². The number of benzene rings is 1. The number of aromatic hydroxyl groups is 1. The Labute approximate surface area is 152 Å². The van der Waals surface area contributed by atoms with Crippen molar-refractivity contribution in [3.63, 3.8) is 0 Å². The number of piperidine rings is 1. The van der Waals surface area contributed by atoms with Gasteiger partial charge in [-0.3, -0.25) is 0 Å². The molecule has 6 nitrogen and oxygen atoms in total. The van der Waals surface area contributed by atoms with Gasteiger partial charge in [-0.05, 0) is 35.7 Å². The minimum Gasteiger partial charge on any atom is -0.593 e. The molecular formula is C17H17N3O3S2. The standard InChI is InChI=1S/C17H17N3O3S2/c21-12-1-3-14(4-2-12)25(22)20-8-5-13(6-9-20)23-17-16-15(7-10-24-16)18-11-19-17/h1-4,7,10-11,13,21H,5-6,8-9H2. The smallest absolute Gasteiger partial charge is 0.235 e. The predicted molar refractivity (Wildman–Crippen MR) is 97.2 cm³/mol. The van der Waals surface area contributed by atoms with Crippen molar-refractivity contribution < 1.29 is 14.4 Å². The number of phenolic OH excluding ortho intramolecular Hbond substituents is 1. The Morgan fingerprint density at radius 2 is 1.92 bits per heavy atom. The van der Waals surface area contributed by atoms with Crippen LogP contribution in [0.1, 0.15) is 12.8 Å². The first-order valence-electron chi connectivity index (χ1n) is 8.01. The Morgan fingerprint density at radius 3 is 2.68 bits per heavy atom. The van der Waals surface area contributed by atoms with E-state index in [1.54, 1.807) is 35.6 Å². The summed E-state index contributed by atoms with van der Waals surface area (Å²) in [6.07, 6.45) is 3.18. The van der Waals surface area contributed by atoms with Crippen molar-refractivity contribution in [3.8, 4) is 11.6 Å². The molecule has 25 heavy (non-hydrogen) atoms. The van der Waals surface area contributed by atoms with E-state index in [1.807, 2.05) is 15.8 Å². The second-order valence-corrected chi connectivity index (χ2v) is 8.21. The zero-order chi connectivity index (χ0) is 17.2. The quantitative estimate of drug-likeness (QED) is 0.706. The number of aromatic nitrogens is 2. The number of phenols is 1. The lowest BCUT2D eigenvalue weighted by molar-refractivity contribution is 0.132. The molecule has 3 heterocycles. The third-order valence-electron chi connectivity index (χ3n) is 4.16. The number of thiophene rings is 1. The first kappa shape index (κ1) is 16.6. The summed E-state index contributed by atoms with van der Waals surface area (Å²) in [7, 11) is 0. The molecule has 1 fully saturated rings. The number of rotatable bonds is 4. The fraction of sp³-hybridized carbons (Fsp3) is 0.294. The Bertz CT molecular complexity index is 848. The number of hydrogen-bond donors (Lipinski definition) is 1. The van der Waals surface area contributed by atoms with Gasteiger partial charge < -0.3 is 14.4 Å². The maximum atomic E-state index is 12.6. The molecule has 130 valence electrons. The van der Waals surface area contributed by atoms with E-state index in [1.165, 1.54) is 6.33 Å². The molecule has 0 saturated carbocycles. The molecule has 1 unspecified atom stereocenters. The highest BCUT2D eigenvalue weighted by Crippen LogP contribution is 2.29. The van der Waals surface area contributed by atoms with E-state index in [0.717, 1.165) is 23.1 Å². The molecule has 1 atom stereocenters. The summed E-state index contributed by atoms with van der Waals surface area (Å²) in [5.74, 6) is 0.815. The number of fused-ring (bicyclic) bond motifs is 1. The largest absolute Gasteiger partial charge is 0.593 e. The SMILES string of the molecule is [O-][S+](c1ccc(O)cc1)N1CCC(Oc2ncnc3ccsc23)CC1. The van der Waals surface area contributed by atoms with Gasteiger partial charge in [0, 0.05) is 25.9 Å². The molecule has 1 aliphatic rings. The van der Waals surface area contributed by atoms with E-state index in [9.17, 15) is 9.66 Å². The molecule has 1 saturated heterocycles. The third-order valence-corrected chi connectivity index (χ3v) is 6.56. The Kier molecular flexibility index (Phi) is 4.76. The van der Waals surface area contributed by atoms with E-state index in [0.29, 0.717) is 23.9 Å². The van der Waals surface area contributed by atoms with Crippen molar-refractivity contribution in [1.82, 2.24) is 14.3 Å². The minimum atomic E-state index is -1.21. The molecule has 3 aromatic rings. The van der Waals surface area contributed by atoms with Crippen LogP contribution in [0.4, 0.5) is 0 Å². The van der Waals surface area contributed by atoms with Crippen molar-refractivity contribution >= 4 is 32.9 Å².